The van der Waals surface area contributed by atoms with Crippen LogP contribution in [0.2, 0.25) is 5.02 Å². The minimum absolute atomic E-state index is 0.251. The normalized spacial score (nSPS) is 18.7. The van der Waals surface area contributed by atoms with Crippen molar-refractivity contribution < 1.29 is 14.7 Å². The van der Waals surface area contributed by atoms with Crippen LogP contribution in [-0.4, -0.2) is 35.1 Å². The first kappa shape index (κ1) is 14.7. The van der Waals surface area contributed by atoms with E-state index < -0.39 is 11.9 Å². The molecule has 1 aromatic carbocycles. The van der Waals surface area contributed by atoms with Crippen LogP contribution < -0.4 is 5.32 Å². The minimum Gasteiger partial charge on any atom is -0.481 e. The second-order valence-electron chi connectivity index (χ2n) is 5.01. The van der Waals surface area contributed by atoms with Crippen molar-refractivity contribution in [3.8, 4) is 0 Å². The summed E-state index contributed by atoms with van der Waals surface area (Å²) in [7, 11) is 0. The van der Waals surface area contributed by atoms with Crippen LogP contribution in [0.15, 0.2) is 18.2 Å². The van der Waals surface area contributed by atoms with Gasteiger partial charge in [-0.05, 0) is 37.5 Å². The lowest BCUT2D eigenvalue weighted by Crippen LogP contribution is -2.44. The second-order valence-corrected chi connectivity index (χ2v) is 5.45. The van der Waals surface area contributed by atoms with Crippen LogP contribution in [0.5, 0.6) is 0 Å². The molecule has 0 saturated carbocycles. The lowest BCUT2D eigenvalue weighted by Gasteiger charge is -2.30. The monoisotopic (exact) mass is 296 g/mol. The highest BCUT2D eigenvalue weighted by Crippen LogP contribution is 2.22. The number of likely N-dealkylation sites (tertiary alicyclic amines) is 1. The van der Waals surface area contributed by atoms with Crippen LogP contribution in [0, 0.1) is 12.8 Å². The second kappa shape index (κ2) is 6.13. The summed E-state index contributed by atoms with van der Waals surface area (Å²) >= 11 is 5.91. The van der Waals surface area contributed by atoms with Crippen molar-refractivity contribution in [1.29, 1.82) is 0 Å². The Bertz CT molecular complexity index is 533. The number of carboxylic acids is 1. The standard InChI is InChI=1S/C14H17ClN2O3/c1-9-4-5-11(15)7-12(9)16-14(20)17-6-2-3-10(8-17)13(18)19/h4-5,7,10H,2-3,6,8H2,1H3,(H,16,20)(H,18,19)/t10-/m1/s1. The molecule has 0 bridgehead atoms. The minimum atomic E-state index is -0.846. The topological polar surface area (TPSA) is 69.6 Å². The smallest absolute Gasteiger partial charge is 0.321 e. The van der Waals surface area contributed by atoms with E-state index in [4.69, 9.17) is 16.7 Å². The van der Waals surface area contributed by atoms with Gasteiger partial charge in [-0.15, -0.1) is 0 Å². The van der Waals surface area contributed by atoms with Gasteiger partial charge in [-0.25, -0.2) is 4.79 Å². The summed E-state index contributed by atoms with van der Waals surface area (Å²) in [6.07, 6.45) is 1.33. The van der Waals surface area contributed by atoms with Crippen molar-refractivity contribution in [2.45, 2.75) is 19.8 Å². The Hall–Kier alpha value is -1.75. The van der Waals surface area contributed by atoms with E-state index in [1.807, 2.05) is 13.0 Å². The van der Waals surface area contributed by atoms with Crippen molar-refractivity contribution in [2.24, 2.45) is 5.92 Å². The number of halogens is 1. The van der Waals surface area contributed by atoms with Crippen molar-refractivity contribution >= 4 is 29.3 Å². The fourth-order valence-corrected chi connectivity index (χ4v) is 2.46. The molecule has 2 amide bonds. The number of urea groups is 1. The molecular weight excluding hydrogens is 280 g/mol. The highest BCUT2D eigenvalue weighted by atomic mass is 35.5. The number of hydrogen-bond acceptors (Lipinski definition) is 2. The zero-order valence-electron chi connectivity index (χ0n) is 11.2. The van der Waals surface area contributed by atoms with Crippen LogP contribution in [-0.2, 0) is 4.79 Å². The SMILES string of the molecule is Cc1ccc(Cl)cc1NC(=O)N1CCC[C@@H](C(=O)O)C1. The van der Waals surface area contributed by atoms with Crippen LogP contribution in [0.25, 0.3) is 0 Å². The van der Waals surface area contributed by atoms with Gasteiger partial charge in [0, 0.05) is 23.8 Å². The molecule has 1 saturated heterocycles. The maximum atomic E-state index is 12.2. The van der Waals surface area contributed by atoms with Crippen molar-refractivity contribution in [1.82, 2.24) is 4.90 Å². The number of aliphatic carboxylic acids is 1. The molecule has 6 heteroatoms. The third kappa shape index (κ3) is 3.42. The van der Waals surface area contributed by atoms with E-state index in [1.54, 1.807) is 17.0 Å². The Morgan fingerprint density at radius 1 is 1.45 bits per heavy atom. The number of carbonyl (C=O) groups is 2. The molecule has 2 rings (SSSR count). The number of piperidine rings is 1. The Labute approximate surface area is 122 Å². The molecule has 2 N–H and O–H groups in total. The number of carbonyl (C=O) groups excluding carboxylic acids is 1. The lowest BCUT2D eigenvalue weighted by atomic mass is 9.99. The molecule has 20 heavy (non-hydrogen) atoms. The molecule has 1 atom stereocenters. The molecule has 1 fully saturated rings. The quantitative estimate of drug-likeness (QED) is 0.881. The van der Waals surface area contributed by atoms with Crippen molar-refractivity contribution in [3.63, 3.8) is 0 Å². The molecule has 0 radical (unpaired) electrons. The van der Waals surface area contributed by atoms with Crippen LogP contribution in [0.1, 0.15) is 18.4 Å². The maximum Gasteiger partial charge on any atom is 0.321 e. The van der Waals surface area contributed by atoms with Crippen LogP contribution >= 0.6 is 11.6 Å². The summed E-state index contributed by atoms with van der Waals surface area (Å²) in [6.45, 7) is 2.71. The molecule has 0 aliphatic carbocycles. The Kier molecular flexibility index (Phi) is 4.49. The summed E-state index contributed by atoms with van der Waals surface area (Å²) in [5, 5.41) is 12.4. The number of aryl methyl sites for hydroxylation is 1. The number of benzene rings is 1. The number of anilines is 1. The predicted octanol–water partition coefficient (Wildman–Crippen LogP) is 2.98. The summed E-state index contributed by atoms with van der Waals surface area (Å²) in [5.41, 5.74) is 1.56. The van der Waals surface area contributed by atoms with Crippen molar-refractivity contribution in [2.75, 3.05) is 18.4 Å². The van der Waals surface area contributed by atoms with E-state index in [-0.39, 0.29) is 12.6 Å². The summed E-state index contributed by atoms with van der Waals surface area (Å²) in [6, 6.07) is 5.00. The summed E-state index contributed by atoms with van der Waals surface area (Å²) in [5.74, 6) is -1.32. The van der Waals surface area contributed by atoms with Gasteiger partial charge in [0.05, 0.1) is 5.92 Å². The molecule has 0 spiro atoms. The predicted molar refractivity (Wildman–Crippen MR) is 77.1 cm³/mol. The summed E-state index contributed by atoms with van der Waals surface area (Å²) < 4.78 is 0. The van der Waals surface area contributed by atoms with Gasteiger partial charge >= 0.3 is 12.0 Å². The van der Waals surface area contributed by atoms with E-state index in [0.29, 0.717) is 30.1 Å². The molecule has 108 valence electrons. The number of rotatable bonds is 2. The fraction of sp³-hybridized carbons (Fsp3) is 0.429. The zero-order valence-corrected chi connectivity index (χ0v) is 12.0. The van der Waals surface area contributed by atoms with E-state index in [9.17, 15) is 9.59 Å². The first-order valence-electron chi connectivity index (χ1n) is 6.52. The van der Waals surface area contributed by atoms with Crippen LogP contribution in [0.3, 0.4) is 0 Å². The van der Waals surface area contributed by atoms with Gasteiger partial charge in [0.2, 0.25) is 0 Å². The van der Waals surface area contributed by atoms with Crippen molar-refractivity contribution in [3.05, 3.63) is 28.8 Å². The number of nitrogens with zero attached hydrogens (tertiary/aromatic N) is 1. The number of hydrogen-bond donors (Lipinski definition) is 2. The van der Waals surface area contributed by atoms with Gasteiger partial charge in [0.15, 0.2) is 0 Å². The molecule has 0 unspecified atom stereocenters. The van der Waals surface area contributed by atoms with Gasteiger partial charge in [-0.3, -0.25) is 4.79 Å². The molecule has 0 aromatic heterocycles. The first-order valence-corrected chi connectivity index (χ1v) is 6.90. The highest BCUT2D eigenvalue weighted by molar-refractivity contribution is 6.31. The maximum absolute atomic E-state index is 12.2. The largest absolute Gasteiger partial charge is 0.481 e. The van der Waals surface area contributed by atoms with Gasteiger partial charge in [-0.2, -0.15) is 0 Å². The average Bonchev–Trinajstić information content (AvgIpc) is 2.43. The number of carboxylic acid groups (broad SMARTS) is 1. The molecule has 1 aromatic rings. The molecule has 1 aliphatic heterocycles. The molecule has 5 nitrogen and oxygen atoms in total. The molecule has 1 aliphatic rings. The van der Waals surface area contributed by atoms with Gasteiger partial charge in [-0.1, -0.05) is 17.7 Å². The number of amides is 2. The Balaban J connectivity index is 2.04. The van der Waals surface area contributed by atoms with Gasteiger partial charge in [0.25, 0.3) is 0 Å². The Morgan fingerprint density at radius 3 is 2.90 bits per heavy atom. The Morgan fingerprint density at radius 2 is 2.20 bits per heavy atom. The third-order valence-corrected chi connectivity index (χ3v) is 3.73. The van der Waals surface area contributed by atoms with E-state index >= 15 is 0 Å². The van der Waals surface area contributed by atoms with E-state index in [0.717, 1.165) is 5.56 Å². The zero-order chi connectivity index (χ0) is 14.7. The first-order chi connectivity index (χ1) is 9.47. The molecular formula is C14H17ClN2O3. The highest BCUT2D eigenvalue weighted by Gasteiger charge is 2.28. The van der Waals surface area contributed by atoms with Gasteiger partial charge < -0.3 is 15.3 Å². The summed E-state index contributed by atoms with van der Waals surface area (Å²) in [4.78, 5) is 24.7. The van der Waals surface area contributed by atoms with Gasteiger partial charge in [0.1, 0.15) is 0 Å². The molecule has 1 heterocycles. The number of nitrogens with one attached hydrogen (secondary N) is 1. The fourth-order valence-electron chi connectivity index (χ4n) is 2.29. The lowest BCUT2D eigenvalue weighted by molar-refractivity contribution is -0.143. The van der Waals surface area contributed by atoms with E-state index in [1.165, 1.54) is 0 Å². The third-order valence-electron chi connectivity index (χ3n) is 3.50. The van der Waals surface area contributed by atoms with Crippen LogP contribution in [0.4, 0.5) is 10.5 Å². The van der Waals surface area contributed by atoms with E-state index in [2.05, 4.69) is 5.32 Å². The average molecular weight is 297 g/mol.